The molecule has 1 saturated heterocycles. The number of aromatic nitrogens is 2. The fourth-order valence-corrected chi connectivity index (χ4v) is 2.92. The molecule has 6 heteroatoms. The number of carbonyl (C=O) groups is 2. The van der Waals surface area contributed by atoms with E-state index in [-0.39, 0.29) is 11.8 Å². The van der Waals surface area contributed by atoms with Crippen LogP contribution >= 0.6 is 0 Å². The monoisotopic (exact) mass is 313 g/mol. The molecule has 3 rings (SSSR count). The molecule has 1 aromatic heterocycles. The number of rotatable bonds is 4. The predicted molar refractivity (Wildman–Crippen MR) is 86.6 cm³/mol. The minimum absolute atomic E-state index is 0.222. The van der Waals surface area contributed by atoms with Gasteiger partial charge in [0.15, 0.2) is 0 Å². The quantitative estimate of drug-likeness (QED) is 0.694. The Bertz CT molecular complexity index is 792. The number of fused-ring (bicyclic) bond motifs is 1. The van der Waals surface area contributed by atoms with Crippen molar-refractivity contribution in [1.82, 2.24) is 15.1 Å². The number of imide groups is 1. The summed E-state index contributed by atoms with van der Waals surface area (Å²) in [6.07, 6.45) is 4.37. The second kappa shape index (κ2) is 6.24. The summed E-state index contributed by atoms with van der Waals surface area (Å²) in [5.41, 5.74) is 2.73. The van der Waals surface area contributed by atoms with Crippen LogP contribution in [0.1, 0.15) is 37.1 Å². The second-order valence-electron chi connectivity index (χ2n) is 5.50. The number of benzene rings is 1. The highest BCUT2D eigenvalue weighted by molar-refractivity contribution is 6.00. The van der Waals surface area contributed by atoms with Gasteiger partial charge >= 0.3 is 0 Å². The van der Waals surface area contributed by atoms with Crippen LogP contribution in [0.5, 0.6) is 0 Å². The average molecular weight is 313 g/mol. The molecule has 1 unspecified atom stereocenters. The smallest absolute Gasteiger partial charge is 0.251 e. The van der Waals surface area contributed by atoms with Gasteiger partial charge in [-0.3, -0.25) is 19.6 Å². The van der Waals surface area contributed by atoms with Crippen LogP contribution in [-0.2, 0) is 14.3 Å². The zero-order chi connectivity index (χ0) is 16.4. The van der Waals surface area contributed by atoms with Crippen LogP contribution in [0.15, 0.2) is 24.5 Å². The van der Waals surface area contributed by atoms with Crippen molar-refractivity contribution in [2.45, 2.75) is 32.7 Å². The Kier molecular flexibility index (Phi) is 4.14. The normalized spacial score (nSPS) is 18.6. The Hall–Kier alpha value is -2.63. The Balaban J connectivity index is 2.05. The molecule has 0 bridgehead atoms. The summed E-state index contributed by atoms with van der Waals surface area (Å²) in [5, 5.41) is 7.93. The van der Waals surface area contributed by atoms with Crippen molar-refractivity contribution < 1.29 is 14.3 Å². The van der Waals surface area contributed by atoms with Crippen molar-refractivity contribution in [2.24, 2.45) is 0 Å². The summed E-state index contributed by atoms with van der Waals surface area (Å²) < 4.78 is 7.00. The van der Waals surface area contributed by atoms with Gasteiger partial charge in [-0.1, -0.05) is 12.1 Å². The number of hydrogen-bond acceptors (Lipinski definition) is 4. The van der Waals surface area contributed by atoms with E-state index < -0.39 is 6.04 Å². The number of amides is 2. The summed E-state index contributed by atoms with van der Waals surface area (Å²) in [7, 11) is 0. The third-order valence-corrected chi connectivity index (χ3v) is 3.96. The first-order chi connectivity index (χ1) is 11.1. The molecule has 2 heterocycles. The van der Waals surface area contributed by atoms with Gasteiger partial charge in [0.1, 0.15) is 6.04 Å². The lowest BCUT2D eigenvalue weighted by Crippen LogP contribution is -2.42. The van der Waals surface area contributed by atoms with Gasteiger partial charge in [-0.05, 0) is 38.0 Å². The first-order valence-electron chi connectivity index (χ1n) is 7.71. The molecule has 120 valence electrons. The van der Waals surface area contributed by atoms with E-state index in [4.69, 9.17) is 4.74 Å². The zero-order valence-electron chi connectivity index (χ0n) is 13.2. The number of hydrogen-bond donors (Lipinski definition) is 1. The molecule has 0 aliphatic carbocycles. The lowest BCUT2D eigenvalue weighted by molar-refractivity contribution is -0.135. The molecule has 0 spiro atoms. The number of aryl methyl sites for hydroxylation is 1. The Morgan fingerprint density at radius 3 is 3.00 bits per heavy atom. The fraction of sp³-hybridized carbons (Fsp3) is 0.353. The van der Waals surface area contributed by atoms with Crippen molar-refractivity contribution in [1.29, 1.82) is 0 Å². The van der Waals surface area contributed by atoms with E-state index >= 15 is 0 Å². The third-order valence-electron chi connectivity index (χ3n) is 3.96. The average Bonchev–Trinajstić information content (AvgIpc) is 2.85. The van der Waals surface area contributed by atoms with Gasteiger partial charge < -0.3 is 4.74 Å². The Morgan fingerprint density at radius 1 is 1.43 bits per heavy atom. The van der Waals surface area contributed by atoms with E-state index in [2.05, 4.69) is 10.4 Å². The maximum atomic E-state index is 12.1. The van der Waals surface area contributed by atoms with E-state index in [1.807, 2.05) is 38.1 Å². The summed E-state index contributed by atoms with van der Waals surface area (Å²) in [6.45, 7) is 4.46. The molecular weight excluding hydrogens is 294 g/mol. The van der Waals surface area contributed by atoms with Gasteiger partial charge in [0, 0.05) is 11.8 Å². The molecule has 0 radical (unpaired) electrons. The van der Waals surface area contributed by atoms with E-state index in [9.17, 15) is 9.59 Å². The number of nitrogens with one attached hydrogen (secondary N) is 1. The highest BCUT2D eigenvalue weighted by Crippen LogP contribution is 2.28. The maximum absolute atomic E-state index is 12.1. The number of ether oxygens (including phenoxy) is 1. The summed E-state index contributed by atoms with van der Waals surface area (Å²) >= 11 is 0. The van der Waals surface area contributed by atoms with E-state index in [0.29, 0.717) is 19.4 Å². The molecule has 1 aliphatic heterocycles. The predicted octanol–water partition coefficient (Wildman–Crippen LogP) is 2.33. The molecule has 1 fully saturated rings. The van der Waals surface area contributed by atoms with Gasteiger partial charge in [0.05, 0.1) is 24.1 Å². The van der Waals surface area contributed by atoms with Gasteiger partial charge in [0.25, 0.3) is 5.91 Å². The standard InChI is InChI=1S/C17H19N3O3/c1-3-23-10-9-12-5-4-6-13-16(12)11(2)19-20(13)14-7-8-15(21)18-17(14)22/h4-6,9-10,14H,3,7-8H2,1-2H3,(H,18,21,22)/b10-9+. The Morgan fingerprint density at radius 2 is 2.26 bits per heavy atom. The topological polar surface area (TPSA) is 73.2 Å². The first-order valence-corrected chi connectivity index (χ1v) is 7.71. The molecular formula is C17H19N3O3. The lowest BCUT2D eigenvalue weighted by atomic mass is 10.0. The maximum Gasteiger partial charge on any atom is 0.251 e. The summed E-state index contributed by atoms with van der Waals surface area (Å²) in [5.74, 6) is -0.513. The van der Waals surface area contributed by atoms with Crippen LogP contribution < -0.4 is 5.32 Å². The van der Waals surface area contributed by atoms with E-state index in [0.717, 1.165) is 22.2 Å². The molecule has 1 aliphatic rings. The molecule has 1 N–H and O–H groups in total. The SMILES string of the molecule is CCO/C=C/c1cccc2c1c(C)nn2C1CCC(=O)NC1=O. The number of piperidine rings is 1. The summed E-state index contributed by atoms with van der Waals surface area (Å²) in [6, 6.07) is 5.41. The fourth-order valence-electron chi connectivity index (χ4n) is 2.92. The molecule has 2 aromatic rings. The van der Waals surface area contributed by atoms with Crippen molar-refractivity contribution in [3.8, 4) is 0 Å². The van der Waals surface area contributed by atoms with Gasteiger partial charge in [-0.2, -0.15) is 5.10 Å². The van der Waals surface area contributed by atoms with Crippen LogP contribution in [0.25, 0.3) is 17.0 Å². The minimum atomic E-state index is -0.449. The van der Waals surface area contributed by atoms with Crippen molar-refractivity contribution in [3.63, 3.8) is 0 Å². The lowest BCUT2D eigenvalue weighted by Gasteiger charge is -2.21. The van der Waals surface area contributed by atoms with Crippen LogP contribution in [0.2, 0.25) is 0 Å². The molecule has 1 atom stereocenters. The number of nitrogens with zero attached hydrogens (tertiary/aromatic N) is 2. The molecule has 0 saturated carbocycles. The molecule has 1 aromatic carbocycles. The molecule has 6 nitrogen and oxygen atoms in total. The van der Waals surface area contributed by atoms with E-state index in [1.165, 1.54) is 0 Å². The van der Waals surface area contributed by atoms with Gasteiger partial charge in [-0.25, -0.2) is 0 Å². The second-order valence-corrected chi connectivity index (χ2v) is 5.50. The van der Waals surface area contributed by atoms with Crippen molar-refractivity contribution >= 4 is 28.8 Å². The Labute approximate surface area is 134 Å². The van der Waals surface area contributed by atoms with Crippen LogP contribution in [0.4, 0.5) is 0 Å². The van der Waals surface area contributed by atoms with Crippen LogP contribution in [0, 0.1) is 6.92 Å². The van der Waals surface area contributed by atoms with Crippen LogP contribution in [-0.4, -0.2) is 28.2 Å². The van der Waals surface area contributed by atoms with Gasteiger partial charge in [0.2, 0.25) is 5.91 Å². The van der Waals surface area contributed by atoms with Crippen LogP contribution in [0.3, 0.4) is 0 Å². The van der Waals surface area contributed by atoms with Gasteiger partial charge in [-0.15, -0.1) is 0 Å². The molecule has 2 amide bonds. The summed E-state index contributed by atoms with van der Waals surface area (Å²) in [4.78, 5) is 23.5. The molecule has 23 heavy (non-hydrogen) atoms. The third kappa shape index (κ3) is 2.84. The van der Waals surface area contributed by atoms with E-state index in [1.54, 1.807) is 10.9 Å². The van der Waals surface area contributed by atoms with Crippen molar-refractivity contribution in [3.05, 3.63) is 35.7 Å². The highest BCUT2D eigenvalue weighted by atomic mass is 16.5. The van der Waals surface area contributed by atoms with Crippen molar-refractivity contribution in [2.75, 3.05) is 6.61 Å². The highest BCUT2D eigenvalue weighted by Gasteiger charge is 2.30. The number of carbonyl (C=O) groups excluding carboxylic acids is 2. The first kappa shape index (κ1) is 15.3. The zero-order valence-corrected chi connectivity index (χ0v) is 13.2. The largest absolute Gasteiger partial charge is 0.501 e. The minimum Gasteiger partial charge on any atom is -0.501 e.